The fourth-order valence-corrected chi connectivity index (χ4v) is 4.15. The molecule has 0 fully saturated rings. The first-order valence-corrected chi connectivity index (χ1v) is 9.11. The van der Waals surface area contributed by atoms with Gasteiger partial charge in [0, 0.05) is 11.4 Å². The number of carbonyl (C=O) groups is 1. The summed E-state index contributed by atoms with van der Waals surface area (Å²) < 4.78 is 10.9. The van der Waals surface area contributed by atoms with E-state index in [0.717, 1.165) is 16.9 Å². The molecule has 0 saturated heterocycles. The molecular weight excluding hydrogens is 346 g/mol. The van der Waals surface area contributed by atoms with Gasteiger partial charge in [-0.05, 0) is 48.1 Å². The van der Waals surface area contributed by atoms with Crippen LogP contribution in [-0.2, 0) is 11.2 Å². The number of alkyl halides is 1. The number of hydrogen-bond donors (Lipinski definition) is 0. The van der Waals surface area contributed by atoms with Crippen molar-refractivity contribution in [3.8, 4) is 11.5 Å². The Morgan fingerprint density at radius 3 is 2.62 bits per heavy atom. The summed E-state index contributed by atoms with van der Waals surface area (Å²) in [6, 6.07) is 7.92. The van der Waals surface area contributed by atoms with Gasteiger partial charge in [-0.1, -0.05) is 6.07 Å². The van der Waals surface area contributed by atoms with Gasteiger partial charge in [-0.3, -0.25) is 4.79 Å². The van der Waals surface area contributed by atoms with E-state index in [2.05, 4.69) is 6.07 Å². The Balaban J connectivity index is 2.13. The highest BCUT2D eigenvalue weighted by atomic mass is 35.5. The molecule has 24 heavy (non-hydrogen) atoms. The van der Waals surface area contributed by atoms with Gasteiger partial charge in [0.05, 0.1) is 20.3 Å². The van der Waals surface area contributed by atoms with E-state index >= 15 is 0 Å². The zero-order chi connectivity index (χ0) is 17.3. The van der Waals surface area contributed by atoms with Gasteiger partial charge in [-0.2, -0.15) is 0 Å². The molecule has 2 atom stereocenters. The molecule has 0 spiro atoms. The van der Waals surface area contributed by atoms with E-state index in [4.69, 9.17) is 21.1 Å². The molecule has 1 amide bonds. The van der Waals surface area contributed by atoms with Crippen molar-refractivity contribution in [2.75, 3.05) is 20.8 Å². The zero-order valence-electron chi connectivity index (χ0n) is 13.9. The minimum absolute atomic E-state index is 0.0458. The van der Waals surface area contributed by atoms with Gasteiger partial charge in [0.1, 0.15) is 5.38 Å². The molecule has 1 aromatic heterocycles. The second kappa shape index (κ2) is 7.03. The first-order chi connectivity index (χ1) is 11.6. The van der Waals surface area contributed by atoms with E-state index in [1.165, 1.54) is 5.56 Å². The summed E-state index contributed by atoms with van der Waals surface area (Å²) in [7, 11) is 3.26. The quantitative estimate of drug-likeness (QED) is 0.772. The van der Waals surface area contributed by atoms with Crippen LogP contribution < -0.4 is 9.47 Å². The third kappa shape index (κ3) is 2.98. The predicted molar refractivity (Wildman–Crippen MR) is 96.4 cm³/mol. The van der Waals surface area contributed by atoms with Crippen molar-refractivity contribution >= 4 is 28.8 Å². The smallest absolute Gasteiger partial charge is 0.241 e. The molecule has 6 heteroatoms. The lowest BCUT2D eigenvalue weighted by molar-refractivity contribution is -0.132. The predicted octanol–water partition coefficient (Wildman–Crippen LogP) is 3.87. The molecule has 0 N–H and O–H groups in total. The second-order valence-corrected chi connectivity index (χ2v) is 7.36. The largest absolute Gasteiger partial charge is 0.493 e. The molecule has 3 rings (SSSR count). The van der Waals surface area contributed by atoms with Crippen LogP contribution in [0.3, 0.4) is 0 Å². The third-order valence-corrected chi connectivity index (χ3v) is 5.42. The van der Waals surface area contributed by atoms with Crippen LogP contribution in [0.2, 0.25) is 0 Å². The lowest BCUT2D eigenvalue weighted by atomic mass is 9.90. The number of hydrogen-bond acceptors (Lipinski definition) is 4. The number of ether oxygens (including phenoxy) is 2. The normalized spacial score (nSPS) is 18.0. The maximum Gasteiger partial charge on any atom is 0.241 e. The highest BCUT2D eigenvalue weighted by Gasteiger charge is 2.35. The van der Waals surface area contributed by atoms with Crippen molar-refractivity contribution in [2.45, 2.75) is 24.8 Å². The second-order valence-electron chi connectivity index (χ2n) is 5.72. The minimum Gasteiger partial charge on any atom is -0.493 e. The summed E-state index contributed by atoms with van der Waals surface area (Å²) in [5, 5.41) is 1.48. The monoisotopic (exact) mass is 365 g/mol. The molecule has 0 radical (unpaired) electrons. The SMILES string of the molecule is COc1cc2c(cc1OC)C(c1cccs1)N(C(=O)C(C)Cl)CC2. The maximum absolute atomic E-state index is 12.6. The van der Waals surface area contributed by atoms with Crippen LogP contribution in [0.5, 0.6) is 11.5 Å². The molecular formula is C18H20ClNO3S. The van der Waals surface area contributed by atoms with Crippen molar-refractivity contribution in [1.82, 2.24) is 4.90 Å². The standard InChI is InChI=1S/C18H20ClNO3S/c1-11(19)18(21)20-7-6-12-9-14(22-2)15(23-3)10-13(12)17(20)16-5-4-8-24-16/h4-5,8-11,17H,6-7H2,1-3H3. The van der Waals surface area contributed by atoms with Crippen LogP contribution in [0.15, 0.2) is 29.6 Å². The van der Waals surface area contributed by atoms with E-state index in [1.807, 2.05) is 28.5 Å². The number of thiophene rings is 1. The van der Waals surface area contributed by atoms with Gasteiger partial charge in [-0.15, -0.1) is 22.9 Å². The highest BCUT2D eigenvalue weighted by Crippen LogP contribution is 2.42. The average Bonchev–Trinajstić information content (AvgIpc) is 3.12. The Morgan fingerprint density at radius 1 is 1.33 bits per heavy atom. The first kappa shape index (κ1) is 17.1. The van der Waals surface area contributed by atoms with E-state index in [9.17, 15) is 4.79 Å². The molecule has 1 aliphatic rings. The van der Waals surface area contributed by atoms with Crippen molar-refractivity contribution < 1.29 is 14.3 Å². The summed E-state index contributed by atoms with van der Waals surface area (Å²) in [5.41, 5.74) is 2.25. The summed E-state index contributed by atoms with van der Waals surface area (Å²) in [6.07, 6.45) is 0.771. The number of amides is 1. The third-order valence-electron chi connectivity index (χ3n) is 4.31. The van der Waals surface area contributed by atoms with Crippen LogP contribution in [0.4, 0.5) is 0 Å². The van der Waals surface area contributed by atoms with Crippen molar-refractivity contribution in [2.24, 2.45) is 0 Å². The van der Waals surface area contributed by atoms with Crippen LogP contribution in [0.25, 0.3) is 0 Å². The fourth-order valence-electron chi connectivity index (χ4n) is 3.17. The Hall–Kier alpha value is -1.72. The fraction of sp³-hybridized carbons (Fsp3) is 0.389. The van der Waals surface area contributed by atoms with E-state index in [0.29, 0.717) is 18.0 Å². The molecule has 1 aliphatic heterocycles. The van der Waals surface area contributed by atoms with E-state index in [-0.39, 0.29) is 11.9 Å². The number of fused-ring (bicyclic) bond motifs is 1. The average molecular weight is 366 g/mol. The van der Waals surface area contributed by atoms with Gasteiger partial charge in [-0.25, -0.2) is 0 Å². The summed E-state index contributed by atoms with van der Waals surface area (Å²) in [5.74, 6) is 1.34. The first-order valence-electron chi connectivity index (χ1n) is 7.79. The zero-order valence-corrected chi connectivity index (χ0v) is 15.5. The van der Waals surface area contributed by atoms with Crippen molar-refractivity contribution in [3.05, 3.63) is 45.6 Å². The van der Waals surface area contributed by atoms with Gasteiger partial charge < -0.3 is 14.4 Å². The molecule has 2 aromatic rings. The molecule has 2 heterocycles. The Morgan fingerprint density at radius 2 is 2.04 bits per heavy atom. The number of carbonyl (C=O) groups excluding carboxylic acids is 1. The van der Waals surface area contributed by atoms with E-state index < -0.39 is 5.38 Å². The van der Waals surface area contributed by atoms with Crippen LogP contribution in [0, 0.1) is 0 Å². The molecule has 0 bridgehead atoms. The lowest BCUT2D eigenvalue weighted by Crippen LogP contribution is -2.43. The molecule has 2 unspecified atom stereocenters. The van der Waals surface area contributed by atoms with Gasteiger partial charge >= 0.3 is 0 Å². The summed E-state index contributed by atoms with van der Waals surface area (Å²) in [6.45, 7) is 2.36. The van der Waals surface area contributed by atoms with Gasteiger partial charge in [0.2, 0.25) is 5.91 Å². The molecule has 1 aromatic carbocycles. The summed E-state index contributed by atoms with van der Waals surface area (Å²) >= 11 is 7.73. The summed E-state index contributed by atoms with van der Waals surface area (Å²) in [4.78, 5) is 15.6. The highest BCUT2D eigenvalue weighted by molar-refractivity contribution is 7.10. The van der Waals surface area contributed by atoms with Crippen LogP contribution in [0.1, 0.15) is 29.0 Å². The van der Waals surface area contributed by atoms with Crippen molar-refractivity contribution in [3.63, 3.8) is 0 Å². The molecule has 128 valence electrons. The van der Waals surface area contributed by atoms with Gasteiger partial charge in [0.25, 0.3) is 0 Å². The van der Waals surface area contributed by atoms with Crippen molar-refractivity contribution in [1.29, 1.82) is 0 Å². The minimum atomic E-state index is -0.547. The topological polar surface area (TPSA) is 38.8 Å². The Labute approximate surface area is 150 Å². The van der Waals surface area contributed by atoms with Crippen LogP contribution in [-0.4, -0.2) is 36.9 Å². The lowest BCUT2D eigenvalue weighted by Gasteiger charge is -2.38. The number of benzene rings is 1. The Kier molecular flexibility index (Phi) is 5.01. The molecule has 0 aliphatic carbocycles. The number of methoxy groups -OCH3 is 2. The molecule has 0 saturated carbocycles. The Bertz CT molecular complexity index is 730. The van der Waals surface area contributed by atoms with E-state index in [1.54, 1.807) is 32.5 Å². The number of halogens is 1. The number of nitrogens with zero attached hydrogens (tertiary/aromatic N) is 1. The number of rotatable bonds is 4. The van der Waals surface area contributed by atoms with Crippen LogP contribution >= 0.6 is 22.9 Å². The van der Waals surface area contributed by atoms with Gasteiger partial charge in [0.15, 0.2) is 11.5 Å². The molecule has 4 nitrogen and oxygen atoms in total. The maximum atomic E-state index is 12.6.